The zero-order valence-corrected chi connectivity index (χ0v) is 10.8. The van der Waals surface area contributed by atoms with E-state index in [0.717, 1.165) is 5.16 Å². The Kier molecular flexibility index (Phi) is 5.49. The number of nitriles is 1. The number of carbonyl (C=O) groups excluding carboxylic acids is 1. The van der Waals surface area contributed by atoms with Gasteiger partial charge in [-0.1, -0.05) is 11.8 Å². The van der Waals surface area contributed by atoms with Gasteiger partial charge in [-0.3, -0.25) is 4.79 Å². The first-order valence-electron chi connectivity index (χ1n) is 5.23. The normalized spacial score (nSPS) is 9.94. The molecule has 0 aromatic carbocycles. The minimum Gasteiger partial charge on any atom is -0.345 e. The van der Waals surface area contributed by atoms with Crippen LogP contribution in [-0.4, -0.2) is 44.9 Å². The average Bonchev–Trinajstić information content (AvgIpc) is 2.72. The van der Waals surface area contributed by atoms with Crippen molar-refractivity contribution >= 4 is 17.7 Å². The molecule has 1 amide bonds. The Balaban J connectivity index is 2.25. The second-order valence-electron chi connectivity index (χ2n) is 3.55. The van der Waals surface area contributed by atoms with E-state index in [2.05, 4.69) is 10.2 Å². The van der Waals surface area contributed by atoms with Crippen molar-refractivity contribution in [3.8, 4) is 6.07 Å². The quantitative estimate of drug-likeness (QED) is 0.696. The molecule has 0 aliphatic heterocycles. The molecule has 0 radical (unpaired) electrons. The van der Waals surface area contributed by atoms with Crippen LogP contribution in [0.1, 0.15) is 12.8 Å². The second kappa shape index (κ2) is 6.91. The summed E-state index contributed by atoms with van der Waals surface area (Å²) in [7, 11) is 3.58. The van der Waals surface area contributed by atoms with Gasteiger partial charge in [0, 0.05) is 32.8 Å². The van der Waals surface area contributed by atoms with E-state index in [9.17, 15) is 4.79 Å². The van der Waals surface area contributed by atoms with Crippen molar-refractivity contribution in [2.45, 2.75) is 18.0 Å². The van der Waals surface area contributed by atoms with Crippen LogP contribution in [-0.2, 0) is 11.8 Å². The third-order valence-electron chi connectivity index (χ3n) is 2.20. The smallest absolute Gasteiger partial charge is 0.223 e. The molecule has 0 saturated carbocycles. The van der Waals surface area contributed by atoms with E-state index in [0.29, 0.717) is 25.1 Å². The number of aryl methyl sites for hydroxylation is 1. The largest absolute Gasteiger partial charge is 0.345 e. The molecule has 6 nitrogen and oxygen atoms in total. The Morgan fingerprint density at radius 2 is 2.47 bits per heavy atom. The number of rotatable bonds is 6. The van der Waals surface area contributed by atoms with Gasteiger partial charge in [0.1, 0.15) is 6.33 Å². The number of aromatic nitrogens is 3. The van der Waals surface area contributed by atoms with Crippen molar-refractivity contribution in [2.24, 2.45) is 7.05 Å². The first-order chi connectivity index (χ1) is 8.15. The summed E-state index contributed by atoms with van der Waals surface area (Å²) >= 11 is 1.50. The van der Waals surface area contributed by atoms with E-state index < -0.39 is 0 Å². The van der Waals surface area contributed by atoms with Crippen molar-refractivity contribution in [3.05, 3.63) is 6.33 Å². The lowest BCUT2D eigenvalue weighted by Gasteiger charge is -2.14. The van der Waals surface area contributed by atoms with Crippen molar-refractivity contribution in [3.63, 3.8) is 0 Å². The molecule has 0 aliphatic rings. The summed E-state index contributed by atoms with van der Waals surface area (Å²) in [5.41, 5.74) is 0. The van der Waals surface area contributed by atoms with Crippen LogP contribution in [0.25, 0.3) is 0 Å². The highest BCUT2D eigenvalue weighted by Gasteiger charge is 2.09. The Hall–Kier alpha value is -1.55. The monoisotopic (exact) mass is 253 g/mol. The van der Waals surface area contributed by atoms with Crippen LogP contribution in [0.2, 0.25) is 0 Å². The molecular formula is C10H15N5OS. The minimum absolute atomic E-state index is 0.0509. The second-order valence-corrected chi connectivity index (χ2v) is 4.61. The average molecular weight is 253 g/mol. The zero-order valence-electron chi connectivity index (χ0n) is 9.96. The van der Waals surface area contributed by atoms with Gasteiger partial charge >= 0.3 is 0 Å². The minimum atomic E-state index is 0.0509. The Bertz CT molecular complexity index is 411. The van der Waals surface area contributed by atoms with Gasteiger partial charge in [0.25, 0.3) is 0 Å². The fourth-order valence-corrected chi connectivity index (χ4v) is 1.98. The summed E-state index contributed by atoms with van der Waals surface area (Å²) in [6, 6.07) is 2.02. The van der Waals surface area contributed by atoms with E-state index in [4.69, 9.17) is 5.26 Å². The maximum absolute atomic E-state index is 11.6. The SMILES string of the molecule is CN(CCC#N)C(=O)CCSc1nncn1C. The molecule has 0 N–H and O–H groups in total. The predicted octanol–water partition coefficient (Wildman–Crippen LogP) is 0.669. The van der Waals surface area contributed by atoms with E-state index in [1.165, 1.54) is 11.8 Å². The molecule has 0 aliphatic carbocycles. The van der Waals surface area contributed by atoms with Gasteiger partial charge in [-0.15, -0.1) is 10.2 Å². The third kappa shape index (κ3) is 4.44. The van der Waals surface area contributed by atoms with Gasteiger partial charge < -0.3 is 9.47 Å². The summed E-state index contributed by atoms with van der Waals surface area (Å²) in [4.78, 5) is 13.2. The van der Waals surface area contributed by atoms with Crippen molar-refractivity contribution in [1.29, 1.82) is 5.26 Å². The number of hydrogen-bond donors (Lipinski definition) is 0. The third-order valence-corrected chi connectivity index (χ3v) is 3.24. The van der Waals surface area contributed by atoms with Gasteiger partial charge in [0.2, 0.25) is 5.91 Å². The van der Waals surface area contributed by atoms with E-state index in [-0.39, 0.29) is 5.91 Å². The highest BCUT2D eigenvalue weighted by Crippen LogP contribution is 2.14. The van der Waals surface area contributed by atoms with Gasteiger partial charge in [-0.25, -0.2) is 0 Å². The van der Waals surface area contributed by atoms with Crippen LogP contribution in [0.4, 0.5) is 0 Å². The molecule has 0 saturated heterocycles. The molecule has 92 valence electrons. The van der Waals surface area contributed by atoms with Crippen LogP contribution < -0.4 is 0 Å². The van der Waals surface area contributed by atoms with Crippen molar-refractivity contribution in [2.75, 3.05) is 19.3 Å². The van der Waals surface area contributed by atoms with Crippen LogP contribution >= 0.6 is 11.8 Å². The highest BCUT2D eigenvalue weighted by molar-refractivity contribution is 7.99. The van der Waals surface area contributed by atoms with Gasteiger partial charge in [-0.05, 0) is 0 Å². The maximum atomic E-state index is 11.6. The van der Waals surface area contributed by atoms with E-state index in [1.54, 1.807) is 18.3 Å². The summed E-state index contributed by atoms with van der Waals surface area (Å²) in [6.07, 6.45) is 2.45. The molecule has 17 heavy (non-hydrogen) atoms. The lowest BCUT2D eigenvalue weighted by Crippen LogP contribution is -2.27. The lowest BCUT2D eigenvalue weighted by atomic mass is 10.3. The Morgan fingerprint density at radius 1 is 1.71 bits per heavy atom. The summed E-state index contributed by atoms with van der Waals surface area (Å²) in [5, 5.41) is 16.9. The maximum Gasteiger partial charge on any atom is 0.223 e. The standard InChI is InChI=1S/C10H15N5OS/c1-14(6-3-5-11)9(16)4-7-17-10-13-12-8-15(10)2/h8H,3-4,6-7H2,1-2H3. The molecule has 0 unspecified atom stereocenters. The molecule has 0 atom stereocenters. The summed E-state index contributed by atoms with van der Waals surface area (Å²) < 4.78 is 1.81. The molecule has 0 spiro atoms. The number of carbonyl (C=O) groups is 1. The summed E-state index contributed by atoms with van der Waals surface area (Å²) in [5.74, 6) is 0.720. The molecule has 1 aromatic heterocycles. The predicted molar refractivity (Wildman–Crippen MR) is 64.2 cm³/mol. The number of nitrogens with zero attached hydrogens (tertiary/aromatic N) is 5. The van der Waals surface area contributed by atoms with Gasteiger partial charge in [0.05, 0.1) is 12.5 Å². The van der Waals surface area contributed by atoms with Gasteiger partial charge in [0.15, 0.2) is 5.16 Å². The number of hydrogen-bond acceptors (Lipinski definition) is 5. The zero-order chi connectivity index (χ0) is 12.7. The fourth-order valence-electron chi connectivity index (χ4n) is 1.17. The number of thioether (sulfide) groups is 1. The summed E-state index contributed by atoms with van der Waals surface area (Å²) in [6.45, 7) is 0.490. The van der Waals surface area contributed by atoms with Crippen LogP contribution in [0.3, 0.4) is 0 Å². The fraction of sp³-hybridized carbons (Fsp3) is 0.600. The van der Waals surface area contributed by atoms with E-state index in [1.807, 2.05) is 17.7 Å². The van der Waals surface area contributed by atoms with Crippen molar-refractivity contribution < 1.29 is 4.79 Å². The number of amides is 1. The lowest BCUT2D eigenvalue weighted by molar-refractivity contribution is -0.129. The Morgan fingerprint density at radius 3 is 3.06 bits per heavy atom. The van der Waals surface area contributed by atoms with Crippen LogP contribution in [0.5, 0.6) is 0 Å². The van der Waals surface area contributed by atoms with Crippen LogP contribution in [0, 0.1) is 11.3 Å². The van der Waals surface area contributed by atoms with E-state index >= 15 is 0 Å². The highest BCUT2D eigenvalue weighted by atomic mass is 32.2. The van der Waals surface area contributed by atoms with Crippen LogP contribution in [0.15, 0.2) is 11.5 Å². The molecule has 7 heteroatoms. The molecule has 1 aromatic rings. The first-order valence-corrected chi connectivity index (χ1v) is 6.21. The molecular weight excluding hydrogens is 238 g/mol. The molecule has 1 heterocycles. The topological polar surface area (TPSA) is 74.8 Å². The molecule has 0 fully saturated rings. The Labute approximate surface area is 105 Å². The molecule has 0 bridgehead atoms. The molecule has 1 rings (SSSR count). The van der Waals surface area contributed by atoms with Gasteiger partial charge in [-0.2, -0.15) is 5.26 Å². The van der Waals surface area contributed by atoms with Crippen molar-refractivity contribution in [1.82, 2.24) is 19.7 Å². The first kappa shape index (κ1) is 13.5.